The first-order valence-corrected chi connectivity index (χ1v) is 8.65. The van der Waals surface area contributed by atoms with Gasteiger partial charge in [0.1, 0.15) is 17.1 Å². The predicted octanol–water partition coefficient (Wildman–Crippen LogP) is 3.47. The Morgan fingerprint density at radius 2 is 1.79 bits per heavy atom. The van der Waals surface area contributed by atoms with Gasteiger partial charge < -0.3 is 10.4 Å². The zero-order valence-electron chi connectivity index (χ0n) is 15.4. The van der Waals surface area contributed by atoms with E-state index in [1.807, 2.05) is 25.1 Å². The standard InChI is InChI=1S/C21H18N4O3/c1-3-13-4-10-16(11-5-13)20(26)23-19-17(21(27)28)18(24-25(19)2)15-8-6-14(12-22)7-9-15/h4-11H,3H2,1-2H3,(H,23,26)(H,27,28). The minimum Gasteiger partial charge on any atom is -0.477 e. The number of anilines is 1. The molecule has 2 N–H and O–H groups in total. The lowest BCUT2D eigenvalue weighted by Crippen LogP contribution is -2.17. The molecule has 0 saturated carbocycles. The molecule has 0 atom stereocenters. The minimum atomic E-state index is -1.20. The highest BCUT2D eigenvalue weighted by atomic mass is 16.4. The van der Waals surface area contributed by atoms with Crippen LogP contribution in [0.5, 0.6) is 0 Å². The van der Waals surface area contributed by atoms with Crippen LogP contribution in [0.1, 0.15) is 38.8 Å². The first-order valence-electron chi connectivity index (χ1n) is 8.65. The third-order valence-corrected chi connectivity index (χ3v) is 4.40. The summed E-state index contributed by atoms with van der Waals surface area (Å²) in [5.41, 5.74) is 2.64. The molecule has 140 valence electrons. The fourth-order valence-electron chi connectivity index (χ4n) is 2.85. The molecule has 0 aliphatic carbocycles. The van der Waals surface area contributed by atoms with Crippen LogP contribution in [0.3, 0.4) is 0 Å². The van der Waals surface area contributed by atoms with Gasteiger partial charge in [-0.2, -0.15) is 10.4 Å². The molecule has 0 aliphatic rings. The summed E-state index contributed by atoms with van der Waals surface area (Å²) in [6.45, 7) is 2.02. The predicted molar refractivity (Wildman–Crippen MR) is 104 cm³/mol. The second-order valence-electron chi connectivity index (χ2n) is 6.19. The maximum atomic E-state index is 12.6. The van der Waals surface area contributed by atoms with E-state index >= 15 is 0 Å². The fourth-order valence-corrected chi connectivity index (χ4v) is 2.85. The average molecular weight is 374 g/mol. The second-order valence-corrected chi connectivity index (χ2v) is 6.19. The third-order valence-electron chi connectivity index (χ3n) is 4.40. The molecule has 0 unspecified atom stereocenters. The molecule has 7 heteroatoms. The van der Waals surface area contributed by atoms with Crippen LogP contribution in [0, 0.1) is 11.3 Å². The fraction of sp³-hybridized carbons (Fsp3) is 0.143. The van der Waals surface area contributed by atoms with Crippen molar-refractivity contribution in [3.8, 4) is 17.3 Å². The van der Waals surface area contributed by atoms with E-state index in [9.17, 15) is 14.7 Å². The van der Waals surface area contributed by atoms with E-state index in [-0.39, 0.29) is 17.1 Å². The summed E-state index contributed by atoms with van der Waals surface area (Å²) in [4.78, 5) is 24.5. The van der Waals surface area contributed by atoms with Crippen molar-refractivity contribution >= 4 is 17.7 Å². The highest BCUT2D eigenvalue weighted by Gasteiger charge is 2.25. The Morgan fingerprint density at radius 3 is 2.32 bits per heavy atom. The number of aryl methyl sites for hydroxylation is 2. The number of nitriles is 1. The molecule has 1 aromatic heterocycles. The number of carboxylic acid groups (broad SMARTS) is 1. The van der Waals surface area contributed by atoms with E-state index < -0.39 is 11.9 Å². The van der Waals surface area contributed by atoms with E-state index in [0.717, 1.165) is 12.0 Å². The van der Waals surface area contributed by atoms with Gasteiger partial charge in [-0.05, 0) is 36.2 Å². The van der Waals surface area contributed by atoms with Crippen molar-refractivity contribution in [1.82, 2.24) is 9.78 Å². The number of benzene rings is 2. The Labute approximate surface area is 161 Å². The Kier molecular flexibility index (Phi) is 5.23. The highest BCUT2D eigenvalue weighted by Crippen LogP contribution is 2.29. The second kappa shape index (κ2) is 7.76. The van der Waals surface area contributed by atoms with Crippen molar-refractivity contribution in [3.63, 3.8) is 0 Å². The zero-order chi connectivity index (χ0) is 20.3. The number of carbonyl (C=O) groups is 2. The number of aromatic nitrogens is 2. The maximum absolute atomic E-state index is 12.6. The molecule has 7 nitrogen and oxygen atoms in total. The summed E-state index contributed by atoms with van der Waals surface area (Å²) in [5, 5.41) is 25.6. The number of aromatic carboxylic acids is 1. The zero-order valence-corrected chi connectivity index (χ0v) is 15.4. The number of carbonyl (C=O) groups excluding carboxylic acids is 1. The van der Waals surface area contributed by atoms with Gasteiger partial charge in [-0.15, -0.1) is 0 Å². The molecular formula is C21H18N4O3. The van der Waals surface area contributed by atoms with Crippen LogP contribution in [-0.4, -0.2) is 26.8 Å². The van der Waals surface area contributed by atoms with Crippen molar-refractivity contribution in [2.75, 3.05) is 5.32 Å². The van der Waals surface area contributed by atoms with Crippen LogP contribution >= 0.6 is 0 Å². The lowest BCUT2D eigenvalue weighted by molar-refractivity contribution is 0.0699. The molecule has 1 amide bonds. The van der Waals surface area contributed by atoms with Gasteiger partial charge in [-0.3, -0.25) is 9.48 Å². The van der Waals surface area contributed by atoms with Crippen LogP contribution in [0.15, 0.2) is 48.5 Å². The average Bonchev–Trinajstić information content (AvgIpc) is 3.04. The van der Waals surface area contributed by atoms with Crippen molar-refractivity contribution in [3.05, 3.63) is 70.8 Å². The highest BCUT2D eigenvalue weighted by molar-refractivity contribution is 6.09. The molecule has 0 fully saturated rings. The van der Waals surface area contributed by atoms with Gasteiger partial charge in [-0.1, -0.05) is 31.2 Å². The van der Waals surface area contributed by atoms with Crippen molar-refractivity contribution < 1.29 is 14.7 Å². The first-order chi connectivity index (χ1) is 13.4. The van der Waals surface area contributed by atoms with Crippen LogP contribution in [0.4, 0.5) is 5.82 Å². The van der Waals surface area contributed by atoms with Gasteiger partial charge in [0.2, 0.25) is 0 Å². The number of carboxylic acids is 1. The number of nitrogens with zero attached hydrogens (tertiary/aromatic N) is 3. The van der Waals surface area contributed by atoms with Gasteiger partial charge in [-0.25, -0.2) is 4.79 Å². The van der Waals surface area contributed by atoms with Gasteiger partial charge in [0.15, 0.2) is 0 Å². The SMILES string of the molecule is CCc1ccc(C(=O)Nc2c(C(=O)O)c(-c3ccc(C#N)cc3)nn2C)cc1. The molecule has 0 spiro atoms. The van der Waals surface area contributed by atoms with Crippen molar-refractivity contribution in [2.24, 2.45) is 7.05 Å². The summed E-state index contributed by atoms with van der Waals surface area (Å²) in [6.07, 6.45) is 0.862. The van der Waals surface area contributed by atoms with Crippen LogP contribution < -0.4 is 5.32 Å². The van der Waals surface area contributed by atoms with E-state index in [1.54, 1.807) is 43.4 Å². The molecule has 0 radical (unpaired) electrons. The van der Waals surface area contributed by atoms with Gasteiger partial charge >= 0.3 is 5.97 Å². The Bertz CT molecular complexity index is 1070. The monoisotopic (exact) mass is 374 g/mol. The number of hydrogen-bond donors (Lipinski definition) is 2. The number of nitrogens with one attached hydrogen (secondary N) is 1. The van der Waals surface area contributed by atoms with Crippen molar-refractivity contribution in [1.29, 1.82) is 5.26 Å². The molecule has 3 aromatic rings. The van der Waals surface area contributed by atoms with Crippen molar-refractivity contribution in [2.45, 2.75) is 13.3 Å². The summed E-state index contributed by atoms with van der Waals surface area (Å²) < 4.78 is 1.33. The van der Waals surface area contributed by atoms with Gasteiger partial charge in [0.05, 0.1) is 11.6 Å². The van der Waals surface area contributed by atoms with Gasteiger partial charge in [0, 0.05) is 18.2 Å². The lowest BCUT2D eigenvalue weighted by atomic mass is 10.1. The summed E-state index contributed by atoms with van der Waals surface area (Å²) in [5.74, 6) is -1.53. The Balaban J connectivity index is 1.98. The number of rotatable bonds is 5. The maximum Gasteiger partial charge on any atom is 0.341 e. The lowest BCUT2D eigenvalue weighted by Gasteiger charge is -2.07. The molecule has 0 bridgehead atoms. The smallest absolute Gasteiger partial charge is 0.341 e. The third kappa shape index (κ3) is 3.62. The van der Waals surface area contributed by atoms with Crippen LogP contribution in [0.2, 0.25) is 0 Å². The topological polar surface area (TPSA) is 108 Å². The molecule has 2 aromatic carbocycles. The number of hydrogen-bond acceptors (Lipinski definition) is 4. The molecule has 1 heterocycles. The van der Waals surface area contributed by atoms with E-state index in [2.05, 4.69) is 10.4 Å². The van der Waals surface area contributed by atoms with Crippen LogP contribution in [-0.2, 0) is 13.5 Å². The molecule has 28 heavy (non-hydrogen) atoms. The molecular weight excluding hydrogens is 356 g/mol. The molecule has 0 aliphatic heterocycles. The molecule has 3 rings (SSSR count). The summed E-state index contributed by atoms with van der Waals surface area (Å²) in [7, 11) is 1.56. The quantitative estimate of drug-likeness (QED) is 0.711. The van der Waals surface area contributed by atoms with E-state index in [1.165, 1.54) is 4.68 Å². The first kappa shape index (κ1) is 18.9. The molecule has 0 saturated heterocycles. The normalized spacial score (nSPS) is 10.3. The summed E-state index contributed by atoms with van der Waals surface area (Å²) in [6, 6.07) is 15.6. The number of amides is 1. The van der Waals surface area contributed by atoms with E-state index in [0.29, 0.717) is 16.7 Å². The minimum absolute atomic E-state index is 0.0939. The Morgan fingerprint density at radius 1 is 1.14 bits per heavy atom. The van der Waals surface area contributed by atoms with E-state index in [4.69, 9.17) is 5.26 Å². The largest absolute Gasteiger partial charge is 0.477 e. The summed E-state index contributed by atoms with van der Waals surface area (Å²) >= 11 is 0. The Hall–Kier alpha value is -3.92. The van der Waals surface area contributed by atoms with Crippen LogP contribution in [0.25, 0.3) is 11.3 Å². The van der Waals surface area contributed by atoms with Gasteiger partial charge in [0.25, 0.3) is 5.91 Å².